The van der Waals surface area contributed by atoms with Gasteiger partial charge in [-0.3, -0.25) is 4.79 Å². The first kappa shape index (κ1) is 19.7. The van der Waals surface area contributed by atoms with Crippen molar-refractivity contribution in [2.75, 3.05) is 26.1 Å². The molecule has 0 aliphatic heterocycles. The number of hydrogen-bond acceptors (Lipinski definition) is 5. The van der Waals surface area contributed by atoms with E-state index in [0.29, 0.717) is 17.2 Å². The van der Waals surface area contributed by atoms with Crippen LogP contribution in [0.1, 0.15) is 11.1 Å². The fourth-order valence-corrected chi connectivity index (χ4v) is 3.29. The standard InChI is InChI=1S/C18H22N2O5S/c1-12-5-7-15(9-13(12)2)26(22,23)19-11-18(21)20-16-8-6-14(24-3)10-17(16)25-4/h5-10,19H,11H2,1-4H3,(H,20,21). The average molecular weight is 378 g/mol. The topological polar surface area (TPSA) is 93.7 Å². The molecule has 2 aromatic rings. The Morgan fingerprint density at radius 3 is 2.35 bits per heavy atom. The second kappa shape index (κ2) is 8.20. The quantitative estimate of drug-likeness (QED) is 0.771. The van der Waals surface area contributed by atoms with Crippen molar-refractivity contribution < 1.29 is 22.7 Å². The molecule has 7 nitrogen and oxygen atoms in total. The van der Waals surface area contributed by atoms with Crippen molar-refractivity contribution >= 4 is 21.6 Å². The summed E-state index contributed by atoms with van der Waals surface area (Å²) in [4.78, 5) is 12.2. The Bertz CT molecular complexity index is 910. The summed E-state index contributed by atoms with van der Waals surface area (Å²) in [6.07, 6.45) is 0. The van der Waals surface area contributed by atoms with Crippen molar-refractivity contribution in [2.24, 2.45) is 0 Å². The number of hydrogen-bond donors (Lipinski definition) is 2. The predicted molar refractivity (Wildman–Crippen MR) is 99.3 cm³/mol. The zero-order chi connectivity index (χ0) is 19.3. The highest BCUT2D eigenvalue weighted by Crippen LogP contribution is 2.28. The SMILES string of the molecule is COc1ccc(NC(=O)CNS(=O)(=O)c2ccc(C)c(C)c2)c(OC)c1. The molecule has 0 spiro atoms. The largest absolute Gasteiger partial charge is 0.497 e. The lowest BCUT2D eigenvalue weighted by Gasteiger charge is -2.12. The number of rotatable bonds is 7. The summed E-state index contributed by atoms with van der Waals surface area (Å²) < 4.78 is 37.2. The van der Waals surface area contributed by atoms with Gasteiger partial charge in [0.15, 0.2) is 0 Å². The highest BCUT2D eigenvalue weighted by molar-refractivity contribution is 7.89. The first-order valence-corrected chi connectivity index (χ1v) is 9.34. The molecule has 0 unspecified atom stereocenters. The van der Waals surface area contributed by atoms with E-state index in [4.69, 9.17) is 9.47 Å². The molecule has 0 aliphatic rings. The molecule has 0 fully saturated rings. The van der Waals surface area contributed by atoms with Gasteiger partial charge in [-0.1, -0.05) is 6.07 Å². The minimum Gasteiger partial charge on any atom is -0.497 e. The van der Waals surface area contributed by atoms with Crippen molar-refractivity contribution in [3.8, 4) is 11.5 Å². The zero-order valence-corrected chi connectivity index (χ0v) is 15.9. The molecule has 0 atom stereocenters. The maximum absolute atomic E-state index is 12.3. The Kier molecular flexibility index (Phi) is 6.23. The first-order chi connectivity index (χ1) is 12.3. The van der Waals surface area contributed by atoms with Crippen LogP contribution in [-0.2, 0) is 14.8 Å². The maximum atomic E-state index is 12.3. The monoisotopic (exact) mass is 378 g/mol. The van der Waals surface area contributed by atoms with Crippen LogP contribution in [0.3, 0.4) is 0 Å². The fraction of sp³-hybridized carbons (Fsp3) is 0.278. The molecule has 2 N–H and O–H groups in total. The van der Waals surface area contributed by atoms with Gasteiger partial charge >= 0.3 is 0 Å². The van der Waals surface area contributed by atoms with E-state index in [1.54, 1.807) is 30.3 Å². The number of nitrogens with one attached hydrogen (secondary N) is 2. The molecule has 0 bridgehead atoms. The molecule has 0 saturated heterocycles. The maximum Gasteiger partial charge on any atom is 0.241 e. The Morgan fingerprint density at radius 2 is 1.73 bits per heavy atom. The Morgan fingerprint density at radius 1 is 1.00 bits per heavy atom. The lowest BCUT2D eigenvalue weighted by molar-refractivity contribution is -0.115. The summed E-state index contributed by atoms with van der Waals surface area (Å²) in [6.45, 7) is 3.33. The van der Waals surface area contributed by atoms with Crippen LogP contribution in [-0.4, -0.2) is 35.1 Å². The number of anilines is 1. The summed E-state index contributed by atoms with van der Waals surface area (Å²) in [5.74, 6) is 0.478. The smallest absolute Gasteiger partial charge is 0.241 e. The number of methoxy groups -OCH3 is 2. The molecular weight excluding hydrogens is 356 g/mol. The zero-order valence-electron chi connectivity index (χ0n) is 15.1. The van der Waals surface area contributed by atoms with E-state index in [2.05, 4.69) is 10.0 Å². The van der Waals surface area contributed by atoms with E-state index in [1.807, 2.05) is 13.8 Å². The molecule has 2 rings (SSSR count). The molecule has 0 saturated carbocycles. The molecule has 140 valence electrons. The summed E-state index contributed by atoms with van der Waals surface area (Å²) >= 11 is 0. The Balaban J connectivity index is 2.05. The number of amides is 1. The molecular formula is C18H22N2O5S. The average Bonchev–Trinajstić information content (AvgIpc) is 2.62. The van der Waals surface area contributed by atoms with E-state index in [9.17, 15) is 13.2 Å². The number of ether oxygens (including phenoxy) is 2. The molecule has 0 aromatic heterocycles. The van der Waals surface area contributed by atoms with Crippen molar-refractivity contribution in [1.29, 1.82) is 0 Å². The molecule has 0 aliphatic carbocycles. The van der Waals surface area contributed by atoms with E-state index < -0.39 is 22.5 Å². The minimum absolute atomic E-state index is 0.121. The van der Waals surface area contributed by atoms with Crippen molar-refractivity contribution in [1.82, 2.24) is 4.72 Å². The predicted octanol–water partition coefficient (Wildman–Crippen LogP) is 2.24. The van der Waals surface area contributed by atoms with Crippen molar-refractivity contribution in [3.05, 3.63) is 47.5 Å². The van der Waals surface area contributed by atoms with E-state index >= 15 is 0 Å². The van der Waals surface area contributed by atoms with Gasteiger partial charge in [0, 0.05) is 6.07 Å². The summed E-state index contributed by atoms with van der Waals surface area (Å²) in [5, 5.41) is 2.61. The van der Waals surface area contributed by atoms with Gasteiger partial charge in [0.25, 0.3) is 0 Å². The Labute approximate surface area is 153 Å². The highest BCUT2D eigenvalue weighted by Gasteiger charge is 2.17. The van der Waals surface area contributed by atoms with Gasteiger partial charge in [0.1, 0.15) is 11.5 Å². The summed E-state index contributed by atoms with van der Waals surface area (Å²) in [6, 6.07) is 9.71. The van der Waals surface area contributed by atoms with E-state index in [1.165, 1.54) is 20.3 Å². The lowest BCUT2D eigenvalue weighted by atomic mass is 10.1. The molecule has 26 heavy (non-hydrogen) atoms. The van der Waals surface area contributed by atoms with Crippen molar-refractivity contribution in [2.45, 2.75) is 18.7 Å². The highest BCUT2D eigenvalue weighted by atomic mass is 32.2. The number of carbonyl (C=O) groups is 1. The molecule has 1 amide bonds. The number of aryl methyl sites for hydroxylation is 2. The molecule has 8 heteroatoms. The molecule has 0 radical (unpaired) electrons. The van der Waals surface area contributed by atoms with Gasteiger partial charge in [-0.15, -0.1) is 0 Å². The number of benzene rings is 2. The first-order valence-electron chi connectivity index (χ1n) is 7.85. The van der Waals surface area contributed by atoms with Gasteiger partial charge in [0.2, 0.25) is 15.9 Å². The number of sulfonamides is 1. The van der Waals surface area contributed by atoms with Gasteiger partial charge in [-0.25, -0.2) is 13.1 Å². The lowest BCUT2D eigenvalue weighted by Crippen LogP contribution is -2.33. The Hall–Kier alpha value is -2.58. The van der Waals surface area contributed by atoms with Crippen LogP contribution >= 0.6 is 0 Å². The van der Waals surface area contributed by atoms with Crippen LogP contribution in [0.4, 0.5) is 5.69 Å². The van der Waals surface area contributed by atoms with Crippen LogP contribution in [0.15, 0.2) is 41.3 Å². The third-order valence-corrected chi connectivity index (χ3v) is 5.29. The molecule has 0 heterocycles. The normalized spacial score (nSPS) is 11.1. The third-order valence-electron chi connectivity index (χ3n) is 3.89. The van der Waals surface area contributed by atoms with E-state index in [0.717, 1.165) is 11.1 Å². The van der Waals surface area contributed by atoms with Crippen LogP contribution in [0, 0.1) is 13.8 Å². The molecule has 2 aromatic carbocycles. The van der Waals surface area contributed by atoms with Crippen LogP contribution < -0.4 is 19.5 Å². The summed E-state index contributed by atoms with van der Waals surface area (Å²) in [5.41, 5.74) is 2.28. The number of carbonyl (C=O) groups excluding carboxylic acids is 1. The van der Waals surface area contributed by atoms with Crippen LogP contribution in [0.25, 0.3) is 0 Å². The second-order valence-electron chi connectivity index (χ2n) is 5.69. The van der Waals surface area contributed by atoms with Gasteiger partial charge in [0.05, 0.1) is 31.3 Å². The second-order valence-corrected chi connectivity index (χ2v) is 7.45. The van der Waals surface area contributed by atoms with Gasteiger partial charge in [-0.2, -0.15) is 0 Å². The van der Waals surface area contributed by atoms with Crippen LogP contribution in [0.2, 0.25) is 0 Å². The third kappa shape index (κ3) is 4.74. The minimum atomic E-state index is -3.78. The van der Waals surface area contributed by atoms with Crippen LogP contribution in [0.5, 0.6) is 11.5 Å². The van der Waals surface area contributed by atoms with Crippen molar-refractivity contribution in [3.63, 3.8) is 0 Å². The fourth-order valence-electron chi connectivity index (χ4n) is 2.22. The van der Waals surface area contributed by atoms with Gasteiger partial charge in [-0.05, 0) is 49.2 Å². The van der Waals surface area contributed by atoms with Gasteiger partial charge < -0.3 is 14.8 Å². The summed E-state index contributed by atoms with van der Waals surface area (Å²) in [7, 11) is -0.788. The van der Waals surface area contributed by atoms with E-state index in [-0.39, 0.29) is 4.90 Å².